The fourth-order valence-electron chi connectivity index (χ4n) is 5.41. The smallest absolute Gasteiger partial charge is 0.301 e. The van der Waals surface area contributed by atoms with E-state index >= 15 is 0 Å². The number of hydrogen-bond acceptors (Lipinski definition) is 11. The van der Waals surface area contributed by atoms with Gasteiger partial charge < -0.3 is 23.7 Å². The molecule has 1 amide bonds. The summed E-state index contributed by atoms with van der Waals surface area (Å²) >= 11 is 14.9. The number of fused-ring (bicyclic) bond motifs is 1. The third-order valence-electron chi connectivity index (χ3n) is 7.72. The van der Waals surface area contributed by atoms with Crippen LogP contribution in [-0.4, -0.2) is 57.7 Å². The lowest BCUT2D eigenvalue weighted by molar-refractivity contribution is -0.132. The molecule has 0 spiro atoms. The zero-order valence-electron chi connectivity index (χ0n) is 25.7. The first-order valence-electron chi connectivity index (χ1n) is 14.0. The standard InChI is InChI=1S/C32H27Cl2N5O6S2/c1-15-7-6-10-38-16(2)24(35-29(15)38)26(40)23-25(18-11-21(43-3)28(45-5)22(12-18)44-4)39(30(42)27(23)41)31-36-37-32(47-31)46-14-17-8-9-19(33)13-20(17)34/h6-13,25,40H,14H2,1-5H3/b26-23+. The molecule has 1 aliphatic rings. The number of ether oxygens (including phenoxy) is 3. The maximum atomic E-state index is 13.9. The number of rotatable bonds is 9. The monoisotopic (exact) mass is 711 g/mol. The number of benzene rings is 2. The van der Waals surface area contributed by atoms with Crippen LogP contribution in [-0.2, 0) is 15.3 Å². The Hall–Kier alpha value is -4.30. The summed E-state index contributed by atoms with van der Waals surface area (Å²) in [6, 6.07) is 11.1. The van der Waals surface area contributed by atoms with E-state index in [1.165, 1.54) is 38.0 Å². The van der Waals surface area contributed by atoms with Gasteiger partial charge in [-0.05, 0) is 60.9 Å². The Kier molecular flexibility index (Phi) is 9.07. The molecule has 1 unspecified atom stereocenters. The number of aryl methyl sites for hydroxylation is 2. The van der Waals surface area contributed by atoms with Gasteiger partial charge in [0.25, 0.3) is 5.78 Å². The van der Waals surface area contributed by atoms with Crippen LogP contribution in [0.1, 0.15) is 34.1 Å². The van der Waals surface area contributed by atoms with Crippen molar-refractivity contribution in [3.05, 3.63) is 92.4 Å². The maximum Gasteiger partial charge on any atom is 0.301 e. The highest BCUT2D eigenvalue weighted by Gasteiger charge is 2.49. The van der Waals surface area contributed by atoms with Gasteiger partial charge in [-0.1, -0.05) is 58.4 Å². The number of nitrogens with zero attached hydrogens (tertiary/aromatic N) is 5. The molecule has 1 saturated heterocycles. The molecule has 1 N–H and O–H groups in total. The average molecular weight is 713 g/mol. The minimum Gasteiger partial charge on any atom is -0.505 e. The van der Waals surface area contributed by atoms with E-state index in [1.54, 1.807) is 31.2 Å². The van der Waals surface area contributed by atoms with Crippen molar-refractivity contribution in [3.63, 3.8) is 0 Å². The molecule has 47 heavy (non-hydrogen) atoms. The number of carbonyl (C=O) groups excluding carboxylic acids is 2. The fraction of sp³-hybridized carbons (Fsp3) is 0.219. The molecule has 11 nitrogen and oxygen atoms in total. The van der Waals surface area contributed by atoms with Crippen LogP contribution < -0.4 is 19.1 Å². The minimum absolute atomic E-state index is 0.150. The molecule has 5 aromatic rings. The molecule has 1 fully saturated rings. The third kappa shape index (κ3) is 5.77. The van der Waals surface area contributed by atoms with Crippen molar-refractivity contribution in [2.45, 2.75) is 30.0 Å². The van der Waals surface area contributed by atoms with Crippen molar-refractivity contribution in [2.24, 2.45) is 0 Å². The SMILES string of the molecule is COc1cc(C2/C(=C(\O)c3nc4c(C)cccn4c3C)C(=O)C(=O)N2c2nnc(SCc3ccc(Cl)cc3Cl)s2)cc(OC)c1OC. The van der Waals surface area contributed by atoms with Gasteiger partial charge in [-0.2, -0.15) is 0 Å². The number of methoxy groups -OCH3 is 3. The minimum atomic E-state index is -1.15. The predicted molar refractivity (Wildman–Crippen MR) is 181 cm³/mol. The third-order valence-corrected chi connectivity index (χ3v) is 10.4. The van der Waals surface area contributed by atoms with Crippen LogP contribution in [0.5, 0.6) is 17.2 Å². The van der Waals surface area contributed by atoms with Gasteiger partial charge in [-0.25, -0.2) is 4.98 Å². The number of anilines is 1. The second kappa shape index (κ2) is 13.1. The zero-order chi connectivity index (χ0) is 33.6. The summed E-state index contributed by atoms with van der Waals surface area (Å²) in [6.07, 6.45) is 1.81. The summed E-state index contributed by atoms with van der Waals surface area (Å²) in [5.41, 5.74) is 3.30. The number of amides is 1. The molecule has 1 atom stereocenters. The number of aromatic nitrogens is 4. The van der Waals surface area contributed by atoms with Crippen molar-refractivity contribution in [2.75, 3.05) is 26.2 Å². The summed E-state index contributed by atoms with van der Waals surface area (Å²) in [5.74, 6) is -0.866. The molecule has 15 heteroatoms. The number of ketones is 1. The number of aliphatic hydroxyl groups is 1. The number of pyridine rings is 1. The summed E-state index contributed by atoms with van der Waals surface area (Å²) in [6.45, 7) is 3.67. The van der Waals surface area contributed by atoms with Crippen LogP contribution in [0, 0.1) is 13.8 Å². The maximum absolute atomic E-state index is 13.9. The molecule has 1 aliphatic heterocycles. The van der Waals surface area contributed by atoms with Gasteiger partial charge in [0, 0.05) is 22.0 Å². The van der Waals surface area contributed by atoms with Crippen molar-refractivity contribution >= 4 is 74.5 Å². The first-order valence-corrected chi connectivity index (χ1v) is 16.6. The molecule has 0 radical (unpaired) electrons. The number of imidazole rings is 1. The molecule has 3 aromatic heterocycles. The van der Waals surface area contributed by atoms with Gasteiger partial charge in [0.15, 0.2) is 21.6 Å². The summed E-state index contributed by atoms with van der Waals surface area (Å²) in [5, 5.41) is 21.6. The number of halogens is 2. The van der Waals surface area contributed by atoms with Gasteiger partial charge in [-0.15, -0.1) is 10.2 Å². The Morgan fingerprint density at radius 1 is 1.02 bits per heavy atom. The quantitative estimate of drug-likeness (QED) is 0.0558. The highest BCUT2D eigenvalue weighted by molar-refractivity contribution is 8.00. The molecule has 0 saturated carbocycles. The highest BCUT2D eigenvalue weighted by Crippen LogP contribution is 2.48. The van der Waals surface area contributed by atoms with E-state index < -0.39 is 23.5 Å². The van der Waals surface area contributed by atoms with Gasteiger partial charge in [0.05, 0.1) is 38.6 Å². The highest BCUT2D eigenvalue weighted by atomic mass is 35.5. The van der Waals surface area contributed by atoms with Crippen LogP contribution in [0.2, 0.25) is 10.0 Å². The number of carbonyl (C=O) groups is 2. The van der Waals surface area contributed by atoms with Crippen molar-refractivity contribution < 1.29 is 28.9 Å². The first kappa shape index (κ1) is 32.6. The normalized spacial score (nSPS) is 15.9. The Labute approximate surface area is 287 Å². The average Bonchev–Trinajstić information content (AvgIpc) is 3.74. The summed E-state index contributed by atoms with van der Waals surface area (Å²) in [4.78, 5) is 33.6. The second-order valence-electron chi connectivity index (χ2n) is 10.4. The van der Waals surface area contributed by atoms with Crippen LogP contribution >= 0.6 is 46.3 Å². The Bertz CT molecular complexity index is 2070. The molecular weight excluding hydrogens is 685 g/mol. The van der Waals surface area contributed by atoms with Gasteiger partial charge >= 0.3 is 5.91 Å². The number of aliphatic hydroxyl groups excluding tert-OH is 1. The second-order valence-corrected chi connectivity index (χ2v) is 13.5. The molecule has 4 heterocycles. The van der Waals surface area contributed by atoms with E-state index in [0.717, 1.165) is 22.5 Å². The van der Waals surface area contributed by atoms with Crippen LogP contribution in [0.4, 0.5) is 5.13 Å². The van der Waals surface area contributed by atoms with E-state index in [1.807, 2.05) is 35.7 Å². The van der Waals surface area contributed by atoms with E-state index in [0.29, 0.717) is 54.3 Å². The summed E-state index contributed by atoms with van der Waals surface area (Å²) in [7, 11) is 4.39. The van der Waals surface area contributed by atoms with Gasteiger partial charge in [0.1, 0.15) is 11.3 Å². The van der Waals surface area contributed by atoms with Crippen molar-refractivity contribution in [1.82, 2.24) is 19.6 Å². The Balaban J connectivity index is 1.49. The molecular formula is C32H27Cl2N5O6S2. The van der Waals surface area contributed by atoms with Gasteiger partial charge in [0.2, 0.25) is 10.9 Å². The fourth-order valence-corrected chi connectivity index (χ4v) is 7.84. The predicted octanol–water partition coefficient (Wildman–Crippen LogP) is 7.05. The number of hydrogen-bond donors (Lipinski definition) is 1. The van der Waals surface area contributed by atoms with Crippen molar-refractivity contribution in [3.8, 4) is 17.2 Å². The Morgan fingerprint density at radius 3 is 2.38 bits per heavy atom. The topological polar surface area (TPSA) is 128 Å². The lowest BCUT2D eigenvalue weighted by atomic mass is 9.95. The van der Waals surface area contributed by atoms with E-state index in [4.69, 9.17) is 37.4 Å². The van der Waals surface area contributed by atoms with E-state index in [-0.39, 0.29) is 16.4 Å². The lowest BCUT2D eigenvalue weighted by Gasteiger charge is -2.24. The zero-order valence-corrected chi connectivity index (χ0v) is 28.8. The van der Waals surface area contributed by atoms with Crippen LogP contribution in [0.25, 0.3) is 11.4 Å². The lowest BCUT2D eigenvalue weighted by Crippen LogP contribution is -2.29. The van der Waals surface area contributed by atoms with E-state index in [2.05, 4.69) is 15.2 Å². The summed E-state index contributed by atoms with van der Waals surface area (Å²) < 4.78 is 19.0. The van der Waals surface area contributed by atoms with Crippen molar-refractivity contribution in [1.29, 1.82) is 0 Å². The molecule has 6 rings (SSSR count). The number of thioether (sulfide) groups is 1. The largest absolute Gasteiger partial charge is 0.505 e. The van der Waals surface area contributed by atoms with E-state index in [9.17, 15) is 14.7 Å². The molecule has 0 bridgehead atoms. The van der Waals surface area contributed by atoms with Crippen LogP contribution in [0.15, 0.2) is 58.6 Å². The number of Topliss-reactive ketones (excluding diaryl/α,β-unsaturated/α-hetero) is 1. The molecule has 0 aliphatic carbocycles. The molecule has 2 aromatic carbocycles. The van der Waals surface area contributed by atoms with Crippen LogP contribution in [0.3, 0.4) is 0 Å². The Morgan fingerprint density at radius 2 is 1.74 bits per heavy atom. The van der Waals surface area contributed by atoms with Gasteiger partial charge in [-0.3, -0.25) is 14.5 Å². The first-order chi connectivity index (χ1) is 22.6. The molecule has 242 valence electrons.